The molecule has 0 unspecified atom stereocenters. The van der Waals surface area contributed by atoms with Crippen LogP contribution in [0, 0.1) is 6.92 Å². The molecule has 1 aliphatic heterocycles. The third-order valence-electron chi connectivity index (χ3n) is 4.00. The molecule has 0 amide bonds. The molecular formula is C20H22O5. The van der Waals surface area contributed by atoms with Crippen molar-refractivity contribution < 1.29 is 23.7 Å². The molecule has 3 rings (SSSR count). The lowest BCUT2D eigenvalue weighted by Gasteiger charge is -2.16. The summed E-state index contributed by atoms with van der Waals surface area (Å²) in [5.41, 5.74) is 4.33. The number of ether oxygens (including phenoxy) is 4. The molecule has 0 saturated carbocycles. The second-order valence-electron chi connectivity index (χ2n) is 6.48. The number of benzene rings is 2. The van der Waals surface area contributed by atoms with Crippen molar-refractivity contribution in [3.8, 4) is 22.6 Å². The molecule has 5 heteroatoms. The van der Waals surface area contributed by atoms with Crippen LogP contribution in [-0.4, -0.2) is 25.7 Å². The fourth-order valence-corrected chi connectivity index (χ4v) is 2.82. The van der Waals surface area contributed by atoms with E-state index in [2.05, 4.69) is 35.9 Å². The molecule has 0 bridgehead atoms. The molecule has 1 heterocycles. The van der Waals surface area contributed by atoms with Crippen molar-refractivity contribution >= 4 is 6.16 Å². The van der Waals surface area contributed by atoms with Crippen LogP contribution in [0.5, 0.6) is 11.5 Å². The van der Waals surface area contributed by atoms with Crippen LogP contribution in [0.2, 0.25) is 0 Å². The van der Waals surface area contributed by atoms with E-state index >= 15 is 0 Å². The molecular weight excluding hydrogens is 320 g/mol. The molecule has 0 aromatic heterocycles. The smallest absolute Gasteiger partial charge is 0.449 e. The highest BCUT2D eigenvalue weighted by Gasteiger charge is 2.32. The van der Waals surface area contributed by atoms with Gasteiger partial charge in [0.25, 0.3) is 0 Å². The maximum absolute atomic E-state index is 11.2. The summed E-state index contributed by atoms with van der Waals surface area (Å²) in [5.74, 6) is 0.737. The van der Waals surface area contributed by atoms with Gasteiger partial charge in [-0.05, 0) is 35.7 Å². The summed E-state index contributed by atoms with van der Waals surface area (Å²) in [6.45, 7) is 6.03. The highest BCUT2D eigenvalue weighted by molar-refractivity contribution is 5.72. The minimum absolute atomic E-state index is 0.231. The average molecular weight is 342 g/mol. The van der Waals surface area contributed by atoms with Crippen LogP contribution in [0.4, 0.5) is 4.79 Å². The topological polar surface area (TPSA) is 54.0 Å². The molecule has 132 valence electrons. The van der Waals surface area contributed by atoms with Crippen LogP contribution in [0.3, 0.4) is 0 Å². The van der Waals surface area contributed by atoms with Crippen molar-refractivity contribution in [3.05, 3.63) is 47.5 Å². The Hall–Kier alpha value is -2.69. The normalized spacial score (nSPS) is 14.2. The van der Waals surface area contributed by atoms with Crippen molar-refractivity contribution in [3.63, 3.8) is 0 Å². The Morgan fingerprint density at radius 1 is 1.08 bits per heavy atom. The van der Waals surface area contributed by atoms with E-state index in [4.69, 9.17) is 14.2 Å². The number of carbonyl (C=O) groups excluding carboxylic acids is 1. The van der Waals surface area contributed by atoms with Crippen molar-refractivity contribution in [1.29, 1.82) is 0 Å². The third kappa shape index (κ3) is 3.87. The predicted octanol–water partition coefficient (Wildman–Crippen LogP) is 4.49. The molecule has 0 spiro atoms. The number of fused-ring (bicyclic) bond motifs is 1. The molecule has 1 aliphatic rings. The molecule has 2 aromatic rings. The Morgan fingerprint density at radius 2 is 1.72 bits per heavy atom. The van der Waals surface area contributed by atoms with E-state index in [9.17, 15) is 4.79 Å². The van der Waals surface area contributed by atoms with E-state index in [1.165, 1.54) is 12.7 Å². The highest BCUT2D eigenvalue weighted by Crippen LogP contribution is 2.43. The van der Waals surface area contributed by atoms with Gasteiger partial charge in [0.2, 0.25) is 5.79 Å². The van der Waals surface area contributed by atoms with E-state index in [1.807, 2.05) is 26.0 Å². The Bertz CT molecular complexity index is 777. The molecule has 25 heavy (non-hydrogen) atoms. The molecule has 0 saturated heterocycles. The van der Waals surface area contributed by atoms with Crippen molar-refractivity contribution in [2.45, 2.75) is 33.0 Å². The van der Waals surface area contributed by atoms with Gasteiger partial charge in [-0.1, -0.05) is 29.8 Å². The summed E-state index contributed by atoms with van der Waals surface area (Å²) in [7, 11) is 1.29. The van der Waals surface area contributed by atoms with E-state index in [-0.39, 0.29) is 6.61 Å². The minimum Gasteiger partial charge on any atom is -0.449 e. The number of methoxy groups -OCH3 is 1. The van der Waals surface area contributed by atoms with E-state index < -0.39 is 11.9 Å². The van der Waals surface area contributed by atoms with Crippen LogP contribution in [0.25, 0.3) is 11.1 Å². The maximum Gasteiger partial charge on any atom is 0.507 e. The Balaban J connectivity index is 1.94. The lowest BCUT2D eigenvalue weighted by atomic mass is 9.96. The Labute approximate surface area is 147 Å². The fourth-order valence-electron chi connectivity index (χ4n) is 2.82. The summed E-state index contributed by atoms with van der Waals surface area (Å²) < 4.78 is 21.3. The van der Waals surface area contributed by atoms with Crippen LogP contribution < -0.4 is 9.47 Å². The number of aryl methyl sites for hydroxylation is 1. The molecule has 0 radical (unpaired) electrons. The van der Waals surface area contributed by atoms with Gasteiger partial charge in [-0.25, -0.2) is 4.79 Å². The minimum atomic E-state index is -0.686. The Kier molecular flexibility index (Phi) is 4.57. The molecule has 0 fully saturated rings. The quantitative estimate of drug-likeness (QED) is 0.766. The van der Waals surface area contributed by atoms with E-state index in [1.54, 1.807) is 0 Å². The van der Waals surface area contributed by atoms with Crippen molar-refractivity contribution in [2.75, 3.05) is 13.7 Å². The first-order valence-electron chi connectivity index (χ1n) is 8.21. The zero-order chi connectivity index (χ0) is 18.0. The average Bonchev–Trinajstić information content (AvgIpc) is 2.87. The summed E-state index contributed by atoms with van der Waals surface area (Å²) >= 11 is 0. The van der Waals surface area contributed by atoms with Gasteiger partial charge in [-0.2, -0.15) is 0 Å². The van der Waals surface area contributed by atoms with Gasteiger partial charge < -0.3 is 18.9 Å². The summed E-state index contributed by atoms with van der Waals surface area (Å²) in [4.78, 5) is 11.2. The lowest BCUT2D eigenvalue weighted by Crippen LogP contribution is -2.29. The molecule has 0 atom stereocenters. The monoisotopic (exact) mass is 342 g/mol. The number of carbonyl (C=O) groups is 1. The molecule has 0 aliphatic carbocycles. The Morgan fingerprint density at radius 3 is 2.36 bits per heavy atom. The van der Waals surface area contributed by atoms with Gasteiger partial charge in [0.15, 0.2) is 11.5 Å². The first-order valence-corrected chi connectivity index (χ1v) is 8.21. The van der Waals surface area contributed by atoms with E-state index in [0.717, 1.165) is 22.4 Å². The zero-order valence-electron chi connectivity index (χ0n) is 14.9. The first-order chi connectivity index (χ1) is 11.9. The molecule has 5 nitrogen and oxygen atoms in total. The third-order valence-corrected chi connectivity index (χ3v) is 4.00. The summed E-state index contributed by atoms with van der Waals surface area (Å²) in [5, 5.41) is 0. The van der Waals surface area contributed by atoms with Crippen molar-refractivity contribution in [2.24, 2.45) is 0 Å². The molecule has 0 N–H and O–H groups in total. The van der Waals surface area contributed by atoms with Crippen LogP contribution in [0.15, 0.2) is 36.4 Å². The first kappa shape index (κ1) is 17.1. The number of rotatable bonds is 4. The lowest BCUT2D eigenvalue weighted by molar-refractivity contribution is -0.0431. The highest BCUT2D eigenvalue weighted by atomic mass is 16.7. The van der Waals surface area contributed by atoms with Crippen LogP contribution in [-0.2, 0) is 15.9 Å². The van der Waals surface area contributed by atoms with Gasteiger partial charge >= 0.3 is 6.16 Å². The van der Waals surface area contributed by atoms with Gasteiger partial charge in [0.1, 0.15) is 0 Å². The summed E-state index contributed by atoms with van der Waals surface area (Å²) in [6, 6.07) is 12.2. The SMILES string of the molecule is COC(=O)OCCc1cc2c(cc1-c1ccc(C)cc1)OC(C)(C)O2. The van der Waals surface area contributed by atoms with Gasteiger partial charge in [-0.15, -0.1) is 0 Å². The second kappa shape index (κ2) is 6.67. The van der Waals surface area contributed by atoms with E-state index in [0.29, 0.717) is 12.2 Å². The fraction of sp³-hybridized carbons (Fsp3) is 0.350. The predicted molar refractivity (Wildman–Crippen MR) is 94.0 cm³/mol. The number of hydrogen-bond acceptors (Lipinski definition) is 5. The standard InChI is InChI=1S/C20H22O5/c1-13-5-7-14(8-6-13)16-12-18-17(24-20(2,3)25-18)11-15(16)9-10-23-19(21)22-4/h5-8,11-12H,9-10H2,1-4H3. The van der Waals surface area contributed by atoms with Crippen LogP contribution in [0.1, 0.15) is 25.0 Å². The molecule has 2 aromatic carbocycles. The maximum atomic E-state index is 11.2. The van der Waals surface area contributed by atoms with Gasteiger partial charge in [0.05, 0.1) is 13.7 Å². The second-order valence-corrected chi connectivity index (χ2v) is 6.48. The summed E-state index contributed by atoms with van der Waals surface area (Å²) in [6.07, 6.45) is -0.131. The largest absolute Gasteiger partial charge is 0.507 e. The zero-order valence-corrected chi connectivity index (χ0v) is 14.9. The number of hydrogen-bond donors (Lipinski definition) is 0. The van der Waals surface area contributed by atoms with Crippen LogP contribution >= 0.6 is 0 Å². The van der Waals surface area contributed by atoms with Gasteiger partial charge in [-0.3, -0.25) is 0 Å². The van der Waals surface area contributed by atoms with Crippen molar-refractivity contribution in [1.82, 2.24) is 0 Å². The van der Waals surface area contributed by atoms with Gasteiger partial charge in [0, 0.05) is 20.3 Å².